The van der Waals surface area contributed by atoms with Crippen molar-refractivity contribution >= 4 is 23.2 Å². The lowest BCUT2D eigenvalue weighted by Crippen LogP contribution is -2.48. The van der Waals surface area contributed by atoms with Crippen molar-refractivity contribution in [1.29, 1.82) is 0 Å². The lowest BCUT2D eigenvalue weighted by Gasteiger charge is -2.30. The molecule has 0 fully saturated rings. The number of aryl methyl sites for hydroxylation is 2. The third kappa shape index (κ3) is 5.58. The van der Waals surface area contributed by atoms with Gasteiger partial charge in [0.2, 0.25) is 5.91 Å². The van der Waals surface area contributed by atoms with Crippen LogP contribution in [0, 0.1) is 6.92 Å². The molecule has 0 aliphatic rings. The van der Waals surface area contributed by atoms with Crippen molar-refractivity contribution in [3.8, 4) is 10.4 Å². The van der Waals surface area contributed by atoms with Crippen molar-refractivity contribution in [3.63, 3.8) is 0 Å². The van der Waals surface area contributed by atoms with Crippen LogP contribution in [-0.2, 0) is 17.8 Å². The van der Waals surface area contributed by atoms with Crippen molar-refractivity contribution in [1.82, 2.24) is 9.88 Å². The smallest absolute Gasteiger partial charge is 0.274 e. The van der Waals surface area contributed by atoms with E-state index in [2.05, 4.69) is 4.98 Å². The molecule has 1 aromatic heterocycles. The Kier molecular flexibility index (Phi) is 7.50. The molecule has 0 radical (unpaired) electrons. The summed E-state index contributed by atoms with van der Waals surface area (Å²) >= 11 is 1.48. The molecule has 4 rings (SSSR count). The molecule has 0 aliphatic heterocycles. The van der Waals surface area contributed by atoms with Crippen LogP contribution in [0.3, 0.4) is 0 Å². The van der Waals surface area contributed by atoms with Gasteiger partial charge in [0.25, 0.3) is 5.91 Å². The van der Waals surface area contributed by atoms with Gasteiger partial charge in [-0.05, 0) is 36.5 Å². The predicted molar refractivity (Wildman–Crippen MR) is 136 cm³/mol. The van der Waals surface area contributed by atoms with Crippen LogP contribution in [0.2, 0.25) is 0 Å². The van der Waals surface area contributed by atoms with Crippen LogP contribution >= 0.6 is 11.3 Å². The van der Waals surface area contributed by atoms with Crippen LogP contribution in [0.1, 0.15) is 33.0 Å². The highest BCUT2D eigenvalue weighted by atomic mass is 32.1. The second-order valence-corrected chi connectivity index (χ2v) is 9.34. The second-order valence-electron chi connectivity index (χ2n) is 8.14. The van der Waals surface area contributed by atoms with Crippen LogP contribution in [0.15, 0.2) is 91.0 Å². The standard InChI is InChI=1S/C28H27N3O2S/c1-20-30-25(26(34-20)23-15-9-4-10-16-23)28(33)31(19-22-13-7-3-8-14-22)24(27(29)32)18-17-21-11-5-2-6-12-21/h2-16,24H,17-19H2,1H3,(H2,29,32)/t24-/m0/s1. The Morgan fingerprint density at radius 1 is 0.882 bits per heavy atom. The number of rotatable bonds is 9. The number of nitrogens with zero attached hydrogens (tertiary/aromatic N) is 2. The molecule has 34 heavy (non-hydrogen) atoms. The van der Waals surface area contributed by atoms with E-state index in [0.717, 1.165) is 26.6 Å². The van der Waals surface area contributed by atoms with Crippen LogP contribution < -0.4 is 5.73 Å². The molecule has 2 amide bonds. The number of primary amides is 1. The molecular formula is C28H27N3O2S. The van der Waals surface area contributed by atoms with Crippen LogP contribution in [-0.4, -0.2) is 27.7 Å². The summed E-state index contributed by atoms with van der Waals surface area (Å²) in [4.78, 5) is 33.6. The van der Waals surface area contributed by atoms with Gasteiger partial charge in [-0.3, -0.25) is 9.59 Å². The topological polar surface area (TPSA) is 76.3 Å². The van der Waals surface area contributed by atoms with E-state index in [1.165, 1.54) is 11.3 Å². The summed E-state index contributed by atoms with van der Waals surface area (Å²) in [6.07, 6.45) is 1.07. The summed E-state index contributed by atoms with van der Waals surface area (Å²) in [5.41, 5.74) is 9.18. The van der Waals surface area contributed by atoms with E-state index < -0.39 is 11.9 Å². The Balaban J connectivity index is 1.71. The highest BCUT2D eigenvalue weighted by Crippen LogP contribution is 2.32. The monoisotopic (exact) mass is 469 g/mol. The average Bonchev–Trinajstić information content (AvgIpc) is 3.26. The van der Waals surface area contributed by atoms with Crippen molar-refractivity contribution in [2.75, 3.05) is 0 Å². The van der Waals surface area contributed by atoms with Gasteiger partial charge in [0.05, 0.1) is 9.88 Å². The lowest BCUT2D eigenvalue weighted by molar-refractivity contribution is -0.122. The van der Waals surface area contributed by atoms with Gasteiger partial charge in [-0.15, -0.1) is 11.3 Å². The van der Waals surface area contributed by atoms with Gasteiger partial charge in [0, 0.05) is 6.54 Å². The molecule has 0 saturated heterocycles. The summed E-state index contributed by atoms with van der Waals surface area (Å²) in [7, 11) is 0. The Morgan fingerprint density at radius 2 is 1.44 bits per heavy atom. The van der Waals surface area contributed by atoms with Crippen LogP contribution in [0.5, 0.6) is 0 Å². The number of amides is 2. The number of carbonyl (C=O) groups is 2. The van der Waals surface area contributed by atoms with E-state index in [1.54, 1.807) is 4.90 Å². The molecule has 0 bridgehead atoms. The first-order valence-corrected chi connectivity index (χ1v) is 12.1. The number of carbonyl (C=O) groups excluding carboxylic acids is 2. The van der Waals surface area contributed by atoms with E-state index in [9.17, 15) is 9.59 Å². The molecule has 0 spiro atoms. The van der Waals surface area contributed by atoms with Gasteiger partial charge in [0.1, 0.15) is 11.7 Å². The second kappa shape index (κ2) is 10.9. The van der Waals surface area contributed by atoms with Gasteiger partial charge < -0.3 is 10.6 Å². The van der Waals surface area contributed by atoms with E-state index in [4.69, 9.17) is 5.73 Å². The Hall–Kier alpha value is -3.77. The van der Waals surface area contributed by atoms with E-state index in [-0.39, 0.29) is 12.5 Å². The fourth-order valence-corrected chi connectivity index (χ4v) is 4.91. The fourth-order valence-electron chi connectivity index (χ4n) is 4.00. The third-order valence-electron chi connectivity index (χ3n) is 5.68. The Bertz CT molecular complexity index is 1240. The normalized spacial score (nSPS) is 11.7. The van der Waals surface area contributed by atoms with Crippen molar-refractivity contribution < 1.29 is 9.59 Å². The summed E-state index contributed by atoms with van der Waals surface area (Å²) < 4.78 is 0. The Morgan fingerprint density at radius 3 is 2.03 bits per heavy atom. The number of nitrogens with two attached hydrogens (primary N) is 1. The van der Waals surface area contributed by atoms with Crippen molar-refractivity contribution in [2.24, 2.45) is 5.73 Å². The number of hydrogen-bond acceptors (Lipinski definition) is 4. The van der Waals surface area contributed by atoms with Gasteiger partial charge in [-0.1, -0.05) is 91.0 Å². The average molecular weight is 470 g/mol. The first kappa shape index (κ1) is 23.4. The lowest BCUT2D eigenvalue weighted by atomic mass is 10.0. The molecule has 2 N–H and O–H groups in total. The molecule has 172 valence electrons. The van der Waals surface area contributed by atoms with E-state index in [0.29, 0.717) is 18.5 Å². The quantitative estimate of drug-likeness (QED) is 0.364. The fraction of sp³-hybridized carbons (Fsp3) is 0.179. The minimum Gasteiger partial charge on any atom is -0.368 e. The minimum atomic E-state index is -0.765. The minimum absolute atomic E-state index is 0.271. The van der Waals surface area contributed by atoms with Gasteiger partial charge in [-0.2, -0.15) is 0 Å². The summed E-state index contributed by atoms with van der Waals surface area (Å²) in [6.45, 7) is 2.16. The highest BCUT2D eigenvalue weighted by Gasteiger charge is 2.32. The molecule has 3 aromatic carbocycles. The zero-order valence-corrected chi connectivity index (χ0v) is 19.9. The Labute approximate surface area is 203 Å². The van der Waals surface area contributed by atoms with E-state index >= 15 is 0 Å². The molecular weight excluding hydrogens is 442 g/mol. The van der Waals surface area contributed by atoms with Crippen molar-refractivity contribution in [2.45, 2.75) is 32.4 Å². The maximum Gasteiger partial charge on any atom is 0.274 e. The molecule has 6 heteroatoms. The highest BCUT2D eigenvalue weighted by molar-refractivity contribution is 7.15. The maximum atomic E-state index is 14.0. The molecule has 4 aromatic rings. The summed E-state index contributed by atoms with van der Waals surface area (Å²) in [5.74, 6) is -0.808. The summed E-state index contributed by atoms with van der Waals surface area (Å²) in [6, 6.07) is 28.5. The molecule has 0 saturated carbocycles. The zero-order valence-electron chi connectivity index (χ0n) is 19.1. The van der Waals surface area contributed by atoms with Crippen LogP contribution in [0.25, 0.3) is 10.4 Å². The molecule has 1 atom stereocenters. The number of aromatic nitrogens is 1. The molecule has 0 aliphatic carbocycles. The maximum absolute atomic E-state index is 14.0. The van der Waals surface area contributed by atoms with Crippen LogP contribution in [0.4, 0.5) is 0 Å². The van der Waals surface area contributed by atoms with Gasteiger partial charge in [-0.25, -0.2) is 4.98 Å². The first-order chi connectivity index (χ1) is 16.5. The predicted octanol–water partition coefficient (Wildman–Crippen LogP) is 5.25. The summed E-state index contributed by atoms with van der Waals surface area (Å²) in [5, 5.41) is 0.793. The zero-order chi connectivity index (χ0) is 23.9. The number of hydrogen-bond donors (Lipinski definition) is 1. The number of thiazole rings is 1. The SMILES string of the molecule is Cc1nc(C(=O)N(Cc2ccccc2)[C@@H](CCc2ccccc2)C(N)=O)c(-c2ccccc2)s1. The molecule has 1 heterocycles. The van der Waals surface area contributed by atoms with Crippen molar-refractivity contribution in [3.05, 3.63) is 113 Å². The van der Waals surface area contributed by atoms with Gasteiger partial charge in [0.15, 0.2) is 0 Å². The largest absolute Gasteiger partial charge is 0.368 e. The van der Waals surface area contributed by atoms with Gasteiger partial charge >= 0.3 is 0 Å². The third-order valence-corrected chi connectivity index (χ3v) is 6.70. The molecule has 5 nitrogen and oxygen atoms in total. The van der Waals surface area contributed by atoms with E-state index in [1.807, 2.05) is 97.9 Å². The number of benzene rings is 3. The molecule has 0 unspecified atom stereocenters. The first-order valence-electron chi connectivity index (χ1n) is 11.2.